The molecule has 1 N–H and O–H groups in total. The summed E-state index contributed by atoms with van der Waals surface area (Å²) in [7, 11) is -2.64. The highest BCUT2D eigenvalue weighted by molar-refractivity contribution is 7.92. The Morgan fingerprint density at radius 1 is 0.875 bits per heavy atom. The predicted molar refractivity (Wildman–Crippen MR) is 153 cm³/mol. The number of amides is 1. The minimum Gasteiger partial charge on any atom is -0.497 e. The standard InChI is InChI=1S/C29H24ClN3O6S/c1-38-25-15-17-27(18-16-25)40(36,37)33(24-11-9-23(30)10-12-24)20-28(34)32-31-19-21-7-13-26(14-8-21)39-29(35)22-5-3-2-4-6-22/h2-19H,20H2,1H3,(H,32,34)/b31-19-. The van der Waals surface area contributed by atoms with Crippen LogP contribution in [0.3, 0.4) is 0 Å². The number of nitrogens with one attached hydrogen (secondary N) is 1. The molecule has 0 heterocycles. The maximum atomic E-state index is 13.4. The van der Waals surface area contributed by atoms with Gasteiger partial charge in [0.05, 0.1) is 29.5 Å². The number of ether oxygens (including phenoxy) is 2. The molecule has 0 saturated carbocycles. The Morgan fingerprint density at radius 2 is 1.50 bits per heavy atom. The van der Waals surface area contributed by atoms with Crippen LogP contribution in [-0.2, 0) is 14.8 Å². The summed E-state index contributed by atoms with van der Waals surface area (Å²) in [6, 6.07) is 27.0. The zero-order valence-corrected chi connectivity index (χ0v) is 22.8. The number of anilines is 1. The molecule has 0 spiro atoms. The number of hydrazone groups is 1. The lowest BCUT2D eigenvalue weighted by Crippen LogP contribution is -2.39. The van der Waals surface area contributed by atoms with Gasteiger partial charge in [-0.2, -0.15) is 5.10 Å². The second-order valence-corrected chi connectivity index (χ2v) is 10.6. The lowest BCUT2D eigenvalue weighted by atomic mass is 10.2. The molecule has 0 aliphatic rings. The molecule has 0 saturated heterocycles. The van der Waals surface area contributed by atoms with Gasteiger partial charge in [-0.1, -0.05) is 29.8 Å². The highest BCUT2D eigenvalue weighted by atomic mass is 35.5. The molecule has 0 radical (unpaired) electrons. The molecule has 0 aromatic heterocycles. The molecule has 11 heteroatoms. The summed E-state index contributed by atoms with van der Waals surface area (Å²) in [5.41, 5.74) is 3.64. The molecule has 0 aliphatic carbocycles. The Kier molecular flexibility index (Phi) is 9.15. The average Bonchev–Trinajstić information content (AvgIpc) is 2.98. The molecule has 204 valence electrons. The Bertz CT molecular complexity index is 1590. The van der Waals surface area contributed by atoms with Crippen molar-refractivity contribution >= 4 is 45.4 Å². The highest BCUT2D eigenvalue weighted by Gasteiger charge is 2.27. The van der Waals surface area contributed by atoms with Gasteiger partial charge in [-0.3, -0.25) is 9.10 Å². The fraction of sp³-hybridized carbons (Fsp3) is 0.0690. The van der Waals surface area contributed by atoms with Gasteiger partial charge in [0.15, 0.2) is 0 Å². The number of halogens is 1. The third kappa shape index (κ3) is 7.25. The van der Waals surface area contributed by atoms with Crippen LogP contribution in [0, 0.1) is 0 Å². The summed E-state index contributed by atoms with van der Waals surface area (Å²) in [6.07, 6.45) is 1.38. The molecular formula is C29H24ClN3O6S. The SMILES string of the molecule is COc1ccc(S(=O)(=O)N(CC(=O)N/N=C\c2ccc(OC(=O)c3ccccc3)cc2)c2ccc(Cl)cc2)cc1. The van der Waals surface area contributed by atoms with Crippen molar-refractivity contribution in [1.82, 2.24) is 5.43 Å². The zero-order chi connectivity index (χ0) is 28.5. The second-order valence-electron chi connectivity index (χ2n) is 8.28. The van der Waals surface area contributed by atoms with E-state index in [0.717, 1.165) is 4.31 Å². The number of methoxy groups -OCH3 is 1. The average molecular weight is 578 g/mol. The first kappa shape index (κ1) is 28.3. The number of benzene rings is 4. The normalized spacial score (nSPS) is 11.2. The summed E-state index contributed by atoms with van der Waals surface area (Å²) >= 11 is 5.97. The quantitative estimate of drug-likeness (QED) is 0.124. The highest BCUT2D eigenvalue weighted by Crippen LogP contribution is 2.26. The predicted octanol–water partition coefficient (Wildman–Crippen LogP) is 4.91. The third-order valence-corrected chi connectivity index (χ3v) is 7.59. The van der Waals surface area contributed by atoms with E-state index < -0.39 is 28.4 Å². The van der Waals surface area contributed by atoms with E-state index in [1.807, 2.05) is 0 Å². The van der Waals surface area contributed by atoms with Gasteiger partial charge < -0.3 is 9.47 Å². The van der Waals surface area contributed by atoms with E-state index in [4.69, 9.17) is 21.1 Å². The van der Waals surface area contributed by atoms with Crippen LogP contribution in [0.25, 0.3) is 0 Å². The van der Waals surface area contributed by atoms with Crippen LogP contribution in [-0.4, -0.2) is 40.2 Å². The fourth-order valence-corrected chi connectivity index (χ4v) is 5.05. The molecule has 4 rings (SSSR count). The van der Waals surface area contributed by atoms with Crippen LogP contribution in [0.15, 0.2) is 113 Å². The summed E-state index contributed by atoms with van der Waals surface area (Å²) < 4.78 is 38.3. The number of hydrogen-bond donors (Lipinski definition) is 1. The summed E-state index contributed by atoms with van der Waals surface area (Å²) in [4.78, 5) is 24.9. The van der Waals surface area contributed by atoms with Crippen LogP contribution < -0.4 is 19.2 Å². The van der Waals surface area contributed by atoms with Crippen molar-refractivity contribution in [1.29, 1.82) is 0 Å². The van der Waals surface area contributed by atoms with Crippen LogP contribution >= 0.6 is 11.6 Å². The number of hydrogen-bond acceptors (Lipinski definition) is 7. The Balaban J connectivity index is 1.43. The first-order valence-corrected chi connectivity index (χ1v) is 13.7. The van der Waals surface area contributed by atoms with E-state index in [1.54, 1.807) is 54.6 Å². The van der Waals surface area contributed by atoms with Gasteiger partial charge in [-0.25, -0.2) is 18.6 Å². The molecule has 0 bridgehead atoms. The van der Waals surface area contributed by atoms with Crippen molar-refractivity contribution in [2.45, 2.75) is 4.90 Å². The topological polar surface area (TPSA) is 114 Å². The summed E-state index contributed by atoms with van der Waals surface area (Å²) in [5, 5.41) is 4.34. The maximum absolute atomic E-state index is 13.4. The largest absolute Gasteiger partial charge is 0.497 e. The van der Waals surface area contributed by atoms with Gasteiger partial charge in [0.25, 0.3) is 15.9 Å². The zero-order valence-electron chi connectivity index (χ0n) is 21.2. The lowest BCUT2D eigenvalue weighted by Gasteiger charge is -2.23. The summed E-state index contributed by atoms with van der Waals surface area (Å²) in [5.74, 6) is -0.315. The Labute approximate surface area is 236 Å². The van der Waals surface area contributed by atoms with Crippen LogP contribution in [0.1, 0.15) is 15.9 Å². The first-order chi connectivity index (χ1) is 19.3. The molecule has 4 aromatic carbocycles. The van der Waals surface area contributed by atoms with Crippen molar-refractivity contribution in [2.24, 2.45) is 5.10 Å². The van der Waals surface area contributed by atoms with Crippen molar-refractivity contribution in [2.75, 3.05) is 18.0 Å². The first-order valence-electron chi connectivity index (χ1n) is 11.9. The van der Waals surface area contributed by atoms with Gasteiger partial charge in [0, 0.05) is 5.02 Å². The minimum absolute atomic E-state index is 0.0207. The minimum atomic E-state index is -4.12. The lowest BCUT2D eigenvalue weighted by molar-refractivity contribution is -0.119. The summed E-state index contributed by atoms with van der Waals surface area (Å²) in [6.45, 7) is -0.540. The molecule has 0 atom stereocenters. The van der Waals surface area contributed by atoms with Crippen LogP contribution in [0.4, 0.5) is 5.69 Å². The van der Waals surface area contributed by atoms with E-state index in [0.29, 0.717) is 27.6 Å². The van der Waals surface area contributed by atoms with Crippen LogP contribution in [0.2, 0.25) is 5.02 Å². The van der Waals surface area contributed by atoms with Crippen molar-refractivity contribution in [3.8, 4) is 11.5 Å². The molecule has 0 aliphatic heterocycles. The molecule has 0 unspecified atom stereocenters. The number of carbonyl (C=O) groups excluding carboxylic acids is 2. The number of esters is 1. The number of rotatable bonds is 10. The number of nitrogens with zero attached hydrogens (tertiary/aromatic N) is 2. The van der Waals surface area contributed by atoms with Crippen molar-refractivity contribution < 1.29 is 27.5 Å². The Hall–Kier alpha value is -4.67. The smallest absolute Gasteiger partial charge is 0.343 e. The molecule has 1 amide bonds. The maximum Gasteiger partial charge on any atom is 0.343 e. The Morgan fingerprint density at radius 3 is 2.12 bits per heavy atom. The molecule has 40 heavy (non-hydrogen) atoms. The van der Waals surface area contributed by atoms with E-state index in [-0.39, 0.29) is 10.6 Å². The second kappa shape index (κ2) is 12.9. The van der Waals surface area contributed by atoms with E-state index in [9.17, 15) is 18.0 Å². The van der Waals surface area contributed by atoms with Gasteiger partial charge in [0.2, 0.25) is 0 Å². The van der Waals surface area contributed by atoms with Crippen LogP contribution in [0.5, 0.6) is 11.5 Å². The van der Waals surface area contributed by atoms with Crippen molar-refractivity contribution in [3.05, 3.63) is 119 Å². The number of carbonyl (C=O) groups is 2. The van der Waals surface area contributed by atoms with E-state index in [1.165, 1.54) is 61.9 Å². The van der Waals surface area contributed by atoms with E-state index >= 15 is 0 Å². The van der Waals surface area contributed by atoms with Crippen molar-refractivity contribution in [3.63, 3.8) is 0 Å². The molecule has 4 aromatic rings. The fourth-order valence-electron chi connectivity index (χ4n) is 3.50. The third-order valence-electron chi connectivity index (χ3n) is 5.55. The molecule has 9 nitrogen and oxygen atoms in total. The molecule has 0 fully saturated rings. The van der Waals surface area contributed by atoms with Gasteiger partial charge in [-0.05, 0) is 90.5 Å². The van der Waals surface area contributed by atoms with E-state index in [2.05, 4.69) is 10.5 Å². The van der Waals surface area contributed by atoms with Gasteiger partial charge in [-0.15, -0.1) is 0 Å². The molecular weight excluding hydrogens is 554 g/mol. The van der Waals surface area contributed by atoms with Gasteiger partial charge in [0.1, 0.15) is 18.0 Å². The van der Waals surface area contributed by atoms with Gasteiger partial charge >= 0.3 is 5.97 Å². The number of sulfonamides is 1. The monoisotopic (exact) mass is 577 g/mol.